The Morgan fingerprint density at radius 3 is 2.18 bits per heavy atom. The quantitative estimate of drug-likeness (QED) is 0.230. The molecule has 0 unspecified atom stereocenters. The van der Waals surface area contributed by atoms with E-state index in [0.29, 0.717) is 12.2 Å². The number of anilines is 1. The minimum absolute atomic E-state index is 0.229. The Balaban J connectivity index is 1.05. The molecule has 1 fully saturated rings. The van der Waals surface area contributed by atoms with E-state index in [4.69, 9.17) is 4.74 Å². The molecule has 0 atom stereocenters. The molecule has 4 aromatic carbocycles. The van der Waals surface area contributed by atoms with E-state index >= 15 is 0 Å². The number of nitrogens with zero attached hydrogens (tertiary/aromatic N) is 3. The number of ether oxygens (including phenoxy) is 1. The standard InChI is InChI=1S/C33H34N4O2/c1-26-7-9-29(10-8-26)25-39-32-17-13-27(14-18-32)23-34-35-33(38)30-15-11-28(12-16-30)24-36-19-21-37(22-20-36)31-5-3-2-4-6-31/h2-18,23H,19-22,24-25H2,1H3,(H,35,38)/b34-23-. The number of hydrazone groups is 1. The van der Waals surface area contributed by atoms with Gasteiger partial charge in [0.05, 0.1) is 6.21 Å². The second kappa shape index (κ2) is 12.9. The summed E-state index contributed by atoms with van der Waals surface area (Å²) in [4.78, 5) is 17.4. The Hall–Kier alpha value is -4.42. The normalized spacial score (nSPS) is 13.9. The molecule has 0 spiro atoms. The molecule has 1 aliphatic heterocycles. The minimum Gasteiger partial charge on any atom is -0.489 e. The molecule has 39 heavy (non-hydrogen) atoms. The number of piperazine rings is 1. The topological polar surface area (TPSA) is 57.2 Å². The summed E-state index contributed by atoms with van der Waals surface area (Å²) < 4.78 is 5.85. The number of aryl methyl sites for hydroxylation is 1. The molecule has 0 aromatic heterocycles. The predicted octanol–water partition coefficient (Wildman–Crippen LogP) is 5.66. The number of carbonyl (C=O) groups is 1. The van der Waals surface area contributed by atoms with Gasteiger partial charge < -0.3 is 9.64 Å². The molecule has 1 saturated heterocycles. The van der Waals surface area contributed by atoms with Crippen molar-refractivity contribution < 1.29 is 9.53 Å². The molecular weight excluding hydrogens is 484 g/mol. The molecule has 1 aliphatic rings. The second-order valence-electron chi connectivity index (χ2n) is 9.84. The summed E-state index contributed by atoms with van der Waals surface area (Å²) in [6.07, 6.45) is 1.63. The Bertz CT molecular complexity index is 1360. The average Bonchev–Trinajstić information content (AvgIpc) is 2.99. The van der Waals surface area contributed by atoms with Gasteiger partial charge in [0.15, 0.2) is 0 Å². The van der Waals surface area contributed by atoms with Crippen LogP contribution in [-0.4, -0.2) is 43.2 Å². The lowest BCUT2D eigenvalue weighted by atomic mass is 10.1. The fraction of sp³-hybridized carbons (Fsp3) is 0.212. The Kier molecular flexibility index (Phi) is 8.66. The average molecular weight is 519 g/mol. The summed E-state index contributed by atoms with van der Waals surface area (Å²) in [6.45, 7) is 7.55. The van der Waals surface area contributed by atoms with Gasteiger partial charge in [-0.25, -0.2) is 5.43 Å². The molecule has 0 bridgehead atoms. The molecule has 0 aliphatic carbocycles. The first kappa shape index (κ1) is 26.2. The van der Waals surface area contributed by atoms with Crippen molar-refractivity contribution in [1.29, 1.82) is 0 Å². The number of carbonyl (C=O) groups excluding carboxylic acids is 1. The van der Waals surface area contributed by atoms with Crippen molar-refractivity contribution >= 4 is 17.8 Å². The second-order valence-corrected chi connectivity index (χ2v) is 9.84. The van der Waals surface area contributed by atoms with Crippen LogP contribution in [0.2, 0.25) is 0 Å². The van der Waals surface area contributed by atoms with E-state index in [1.165, 1.54) is 16.8 Å². The fourth-order valence-electron chi connectivity index (χ4n) is 4.55. The van der Waals surface area contributed by atoms with Crippen molar-refractivity contribution in [2.24, 2.45) is 5.10 Å². The van der Waals surface area contributed by atoms with Gasteiger partial charge in [-0.05, 0) is 72.1 Å². The van der Waals surface area contributed by atoms with Gasteiger partial charge >= 0.3 is 0 Å². The van der Waals surface area contributed by atoms with Crippen LogP contribution in [0.1, 0.15) is 32.6 Å². The van der Waals surface area contributed by atoms with E-state index in [0.717, 1.165) is 49.6 Å². The van der Waals surface area contributed by atoms with Crippen LogP contribution < -0.4 is 15.1 Å². The number of hydrogen-bond donors (Lipinski definition) is 1. The van der Waals surface area contributed by atoms with Gasteiger partial charge in [0.2, 0.25) is 0 Å². The van der Waals surface area contributed by atoms with Crippen molar-refractivity contribution in [2.45, 2.75) is 20.1 Å². The molecule has 198 valence electrons. The summed E-state index contributed by atoms with van der Waals surface area (Å²) in [5.41, 5.74) is 8.93. The fourth-order valence-corrected chi connectivity index (χ4v) is 4.55. The van der Waals surface area contributed by atoms with Crippen molar-refractivity contribution in [3.63, 3.8) is 0 Å². The summed E-state index contributed by atoms with van der Waals surface area (Å²) in [7, 11) is 0. The first-order valence-corrected chi connectivity index (χ1v) is 13.4. The maximum Gasteiger partial charge on any atom is 0.271 e. The van der Waals surface area contributed by atoms with Crippen LogP contribution in [0.15, 0.2) is 108 Å². The summed E-state index contributed by atoms with van der Waals surface area (Å²) in [5, 5.41) is 4.12. The number of hydrogen-bond acceptors (Lipinski definition) is 5. The van der Waals surface area contributed by atoms with Gasteiger partial charge in [-0.3, -0.25) is 9.69 Å². The summed E-state index contributed by atoms with van der Waals surface area (Å²) >= 11 is 0. The number of para-hydroxylation sites is 1. The highest BCUT2D eigenvalue weighted by molar-refractivity contribution is 5.94. The molecule has 1 heterocycles. The van der Waals surface area contributed by atoms with E-state index in [9.17, 15) is 4.79 Å². The Labute approximate surface area is 230 Å². The molecule has 1 N–H and O–H groups in total. The lowest BCUT2D eigenvalue weighted by Gasteiger charge is -2.36. The smallest absolute Gasteiger partial charge is 0.271 e. The molecule has 0 saturated carbocycles. The van der Waals surface area contributed by atoms with E-state index < -0.39 is 0 Å². The minimum atomic E-state index is -0.229. The van der Waals surface area contributed by atoms with Crippen LogP contribution in [0.3, 0.4) is 0 Å². The first-order valence-electron chi connectivity index (χ1n) is 13.4. The maximum absolute atomic E-state index is 12.5. The molecule has 4 aromatic rings. The van der Waals surface area contributed by atoms with Gasteiger partial charge in [0.25, 0.3) is 5.91 Å². The largest absolute Gasteiger partial charge is 0.489 e. The van der Waals surface area contributed by atoms with E-state index in [1.807, 2.05) is 48.5 Å². The lowest BCUT2D eigenvalue weighted by Crippen LogP contribution is -2.45. The Morgan fingerprint density at radius 2 is 1.49 bits per heavy atom. The maximum atomic E-state index is 12.5. The van der Waals surface area contributed by atoms with Gasteiger partial charge in [0.1, 0.15) is 12.4 Å². The van der Waals surface area contributed by atoms with E-state index in [-0.39, 0.29) is 5.91 Å². The van der Waals surface area contributed by atoms with Crippen LogP contribution in [0.5, 0.6) is 5.75 Å². The monoisotopic (exact) mass is 518 g/mol. The molecular formula is C33H34N4O2. The van der Waals surface area contributed by atoms with E-state index in [2.05, 4.69) is 81.8 Å². The predicted molar refractivity (Wildman–Crippen MR) is 157 cm³/mol. The SMILES string of the molecule is Cc1ccc(COc2ccc(/C=N\NC(=O)c3ccc(CN4CCN(c5ccccc5)CC4)cc3)cc2)cc1. The lowest BCUT2D eigenvalue weighted by molar-refractivity contribution is 0.0955. The van der Waals surface area contributed by atoms with Crippen LogP contribution in [-0.2, 0) is 13.2 Å². The third kappa shape index (κ3) is 7.55. The zero-order valence-corrected chi connectivity index (χ0v) is 22.3. The molecule has 6 heteroatoms. The van der Waals surface area contributed by atoms with Crippen LogP contribution in [0.25, 0.3) is 0 Å². The van der Waals surface area contributed by atoms with Crippen molar-refractivity contribution in [3.8, 4) is 5.75 Å². The third-order valence-corrected chi connectivity index (χ3v) is 6.90. The van der Waals surface area contributed by atoms with Gasteiger partial charge in [-0.15, -0.1) is 0 Å². The molecule has 0 radical (unpaired) electrons. The molecule has 1 amide bonds. The Morgan fingerprint density at radius 1 is 0.821 bits per heavy atom. The van der Waals surface area contributed by atoms with Crippen molar-refractivity contribution in [2.75, 3.05) is 31.1 Å². The third-order valence-electron chi connectivity index (χ3n) is 6.90. The van der Waals surface area contributed by atoms with Gasteiger partial charge in [-0.1, -0.05) is 60.2 Å². The first-order chi connectivity index (χ1) is 19.1. The number of nitrogens with one attached hydrogen (secondary N) is 1. The highest BCUT2D eigenvalue weighted by Crippen LogP contribution is 2.17. The number of benzene rings is 4. The summed E-state index contributed by atoms with van der Waals surface area (Å²) in [5.74, 6) is 0.558. The van der Waals surface area contributed by atoms with Gasteiger partial charge in [0, 0.05) is 44.0 Å². The zero-order chi connectivity index (χ0) is 26.9. The number of rotatable bonds is 9. The van der Waals surface area contributed by atoms with Crippen LogP contribution >= 0.6 is 0 Å². The van der Waals surface area contributed by atoms with Crippen LogP contribution in [0.4, 0.5) is 5.69 Å². The van der Waals surface area contributed by atoms with Crippen molar-refractivity contribution in [3.05, 3.63) is 131 Å². The van der Waals surface area contributed by atoms with Crippen molar-refractivity contribution in [1.82, 2.24) is 10.3 Å². The van der Waals surface area contributed by atoms with Crippen LogP contribution in [0, 0.1) is 6.92 Å². The number of amides is 1. The highest BCUT2D eigenvalue weighted by Gasteiger charge is 2.17. The van der Waals surface area contributed by atoms with Gasteiger partial charge in [-0.2, -0.15) is 5.10 Å². The summed E-state index contributed by atoms with van der Waals surface area (Å²) in [6, 6.07) is 34.3. The molecule has 6 nitrogen and oxygen atoms in total. The van der Waals surface area contributed by atoms with E-state index in [1.54, 1.807) is 6.21 Å². The molecule has 5 rings (SSSR count). The highest BCUT2D eigenvalue weighted by atomic mass is 16.5. The zero-order valence-electron chi connectivity index (χ0n) is 22.3.